The highest BCUT2D eigenvalue weighted by atomic mass is 28.3. The zero-order valence-corrected chi connectivity index (χ0v) is 16.9. The van der Waals surface area contributed by atoms with Crippen molar-refractivity contribution in [3.05, 3.63) is 59.2 Å². The molecule has 1 heterocycles. The van der Waals surface area contributed by atoms with E-state index in [9.17, 15) is 17.6 Å². The largest absolute Gasteiger partial charge is 0.206 e. The molecule has 0 amide bonds. The topological polar surface area (TPSA) is 0 Å². The van der Waals surface area contributed by atoms with E-state index in [-0.39, 0.29) is 22.6 Å². The van der Waals surface area contributed by atoms with Crippen LogP contribution < -0.4 is 0 Å². The molecule has 0 atom stereocenters. The van der Waals surface area contributed by atoms with Crippen LogP contribution in [0.1, 0.15) is 50.5 Å². The molecule has 2 aromatic rings. The molecule has 5 heteroatoms. The second-order valence-electron chi connectivity index (χ2n) is 7.63. The Bertz CT molecular complexity index is 762. The lowest BCUT2D eigenvalue weighted by atomic mass is 9.86. The minimum Gasteiger partial charge on any atom is -0.206 e. The second-order valence-corrected chi connectivity index (χ2v) is 11.1. The van der Waals surface area contributed by atoms with Crippen LogP contribution in [-0.2, 0) is 0 Å². The summed E-state index contributed by atoms with van der Waals surface area (Å²) in [6.07, 6.45) is 5.29. The molecule has 0 aliphatic carbocycles. The van der Waals surface area contributed by atoms with Gasteiger partial charge in [-0.05, 0) is 42.5 Å². The molecule has 0 unspecified atom stereocenters. The Morgan fingerprint density at radius 2 is 1.56 bits per heavy atom. The summed E-state index contributed by atoms with van der Waals surface area (Å²) in [5.74, 6) is -3.57. The van der Waals surface area contributed by atoms with Crippen molar-refractivity contribution in [1.29, 1.82) is 0 Å². The van der Waals surface area contributed by atoms with Crippen molar-refractivity contribution in [3.63, 3.8) is 0 Å². The summed E-state index contributed by atoms with van der Waals surface area (Å²) < 4.78 is 57.3. The van der Waals surface area contributed by atoms with Gasteiger partial charge in [0, 0.05) is 14.4 Å². The maximum Gasteiger partial charge on any atom is 0.162 e. The van der Waals surface area contributed by atoms with E-state index >= 15 is 0 Å². The molecule has 0 saturated carbocycles. The quantitative estimate of drug-likeness (QED) is 0.276. The van der Waals surface area contributed by atoms with Crippen LogP contribution in [0.5, 0.6) is 0 Å². The smallest absolute Gasteiger partial charge is 0.162 e. The number of benzene rings is 2. The predicted octanol–water partition coefficient (Wildman–Crippen LogP) is 7.20. The lowest BCUT2D eigenvalue weighted by Gasteiger charge is -2.30. The SMILES string of the molecule is CCCCC[Si@H]1CC[C@H](c2c(-c3c(F)cccc3F)ccc(F)c2F)CC1. The van der Waals surface area contributed by atoms with Gasteiger partial charge in [0.2, 0.25) is 0 Å². The summed E-state index contributed by atoms with van der Waals surface area (Å²) in [6, 6.07) is 9.35. The first kappa shape index (κ1) is 20.1. The van der Waals surface area contributed by atoms with E-state index < -0.39 is 32.1 Å². The number of rotatable bonds is 6. The normalized spacial score (nSPS) is 20.0. The summed E-state index contributed by atoms with van der Waals surface area (Å²) in [7, 11) is -0.821. The minimum atomic E-state index is -0.953. The highest BCUT2D eigenvalue weighted by molar-refractivity contribution is 6.59. The van der Waals surface area contributed by atoms with Crippen LogP contribution >= 0.6 is 0 Å². The van der Waals surface area contributed by atoms with Crippen molar-refractivity contribution in [2.24, 2.45) is 0 Å². The molecule has 0 spiro atoms. The third-order valence-corrected chi connectivity index (χ3v) is 9.36. The van der Waals surface area contributed by atoms with Crippen molar-refractivity contribution in [2.75, 3.05) is 0 Å². The monoisotopic (exact) mass is 394 g/mol. The highest BCUT2D eigenvalue weighted by Gasteiger charge is 2.29. The fraction of sp³-hybridized carbons (Fsp3) is 0.455. The van der Waals surface area contributed by atoms with Crippen LogP contribution in [0.3, 0.4) is 0 Å². The fourth-order valence-corrected chi connectivity index (χ4v) is 7.84. The Balaban J connectivity index is 1.89. The molecule has 2 aromatic carbocycles. The van der Waals surface area contributed by atoms with Gasteiger partial charge in [-0.15, -0.1) is 0 Å². The first-order valence-corrected chi connectivity index (χ1v) is 12.4. The molecule has 27 heavy (non-hydrogen) atoms. The molecular weight excluding hydrogens is 368 g/mol. The number of hydrogen-bond acceptors (Lipinski definition) is 0. The molecule has 1 saturated heterocycles. The van der Waals surface area contributed by atoms with Crippen LogP contribution in [-0.4, -0.2) is 8.80 Å². The zero-order chi connectivity index (χ0) is 19.4. The summed E-state index contributed by atoms with van der Waals surface area (Å²) in [5.41, 5.74) is 0.0503. The summed E-state index contributed by atoms with van der Waals surface area (Å²) in [6.45, 7) is 2.19. The molecule has 1 fully saturated rings. The minimum absolute atomic E-state index is 0.153. The number of hydrogen-bond donors (Lipinski definition) is 0. The molecule has 0 aromatic heterocycles. The van der Waals surface area contributed by atoms with Crippen LogP contribution in [0.15, 0.2) is 30.3 Å². The van der Waals surface area contributed by atoms with Gasteiger partial charge in [-0.25, -0.2) is 17.6 Å². The van der Waals surface area contributed by atoms with Crippen molar-refractivity contribution in [1.82, 2.24) is 0 Å². The predicted molar refractivity (Wildman–Crippen MR) is 105 cm³/mol. The third kappa shape index (κ3) is 4.45. The molecule has 1 aliphatic heterocycles. The van der Waals surface area contributed by atoms with Gasteiger partial charge < -0.3 is 0 Å². The Hall–Kier alpha value is -1.62. The van der Waals surface area contributed by atoms with Crippen LogP contribution in [0.25, 0.3) is 11.1 Å². The van der Waals surface area contributed by atoms with Gasteiger partial charge in [0.25, 0.3) is 0 Å². The van der Waals surface area contributed by atoms with Gasteiger partial charge >= 0.3 is 0 Å². The van der Waals surface area contributed by atoms with Crippen LogP contribution in [0.4, 0.5) is 17.6 Å². The van der Waals surface area contributed by atoms with Crippen LogP contribution in [0.2, 0.25) is 18.1 Å². The fourth-order valence-electron chi connectivity index (χ4n) is 4.36. The van der Waals surface area contributed by atoms with Crippen molar-refractivity contribution >= 4 is 8.80 Å². The molecule has 0 radical (unpaired) electrons. The van der Waals surface area contributed by atoms with E-state index in [0.29, 0.717) is 0 Å². The summed E-state index contributed by atoms with van der Waals surface area (Å²) in [5, 5.41) is 0. The maximum absolute atomic E-state index is 14.7. The highest BCUT2D eigenvalue weighted by Crippen LogP contribution is 2.42. The number of unbranched alkanes of at least 4 members (excludes halogenated alkanes) is 2. The van der Waals surface area contributed by atoms with E-state index in [0.717, 1.165) is 43.1 Å². The van der Waals surface area contributed by atoms with Gasteiger partial charge in [0.05, 0.1) is 5.56 Å². The molecule has 146 valence electrons. The Morgan fingerprint density at radius 3 is 2.19 bits per heavy atom. The van der Waals surface area contributed by atoms with E-state index in [1.54, 1.807) is 0 Å². The lowest BCUT2D eigenvalue weighted by Crippen LogP contribution is -2.21. The summed E-state index contributed by atoms with van der Waals surface area (Å²) in [4.78, 5) is 0. The molecule has 0 bridgehead atoms. The first-order chi connectivity index (χ1) is 13.0. The molecular formula is C22H26F4Si. The van der Waals surface area contributed by atoms with Crippen molar-refractivity contribution < 1.29 is 17.6 Å². The zero-order valence-electron chi connectivity index (χ0n) is 15.7. The first-order valence-electron chi connectivity index (χ1n) is 9.95. The van der Waals surface area contributed by atoms with Gasteiger partial charge in [-0.3, -0.25) is 0 Å². The Labute approximate surface area is 160 Å². The van der Waals surface area contributed by atoms with Crippen molar-refractivity contribution in [2.45, 2.75) is 63.1 Å². The van der Waals surface area contributed by atoms with E-state index in [1.165, 1.54) is 37.4 Å². The molecule has 1 aliphatic rings. The average Bonchev–Trinajstić information content (AvgIpc) is 2.66. The molecule has 0 nitrogen and oxygen atoms in total. The lowest BCUT2D eigenvalue weighted by molar-refractivity contribution is 0.477. The average molecular weight is 395 g/mol. The van der Waals surface area contributed by atoms with E-state index in [1.807, 2.05) is 0 Å². The van der Waals surface area contributed by atoms with Crippen molar-refractivity contribution in [3.8, 4) is 11.1 Å². The molecule has 0 N–H and O–H groups in total. The molecule has 3 rings (SSSR count). The van der Waals surface area contributed by atoms with Gasteiger partial charge in [0.15, 0.2) is 11.6 Å². The maximum atomic E-state index is 14.7. The third-order valence-electron chi connectivity index (χ3n) is 5.84. The number of halogens is 4. The second kappa shape index (κ2) is 9.05. The van der Waals surface area contributed by atoms with Gasteiger partial charge in [-0.1, -0.05) is 56.5 Å². The Morgan fingerprint density at radius 1 is 0.889 bits per heavy atom. The van der Waals surface area contributed by atoms with Gasteiger partial charge in [-0.2, -0.15) is 0 Å². The Kier molecular flexibility index (Phi) is 6.74. The van der Waals surface area contributed by atoms with Gasteiger partial charge in [0.1, 0.15) is 11.6 Å². The van der Waals surface area contributed by atoms with E-state index in [2.05, 4.69) is 6.92 Å². The van der Waals surface area contributed by atoms with Crippen LogP contribution in [0, 0.1) is 23.3 Å². The standard InChI is InChI=1S/C22H26F4Si/c1-2-3-4-12-27-13-10-15(11-14-27)20-16(8-9-19(25)22(20)26)21-17(23)6-5-7-18(21)24/h5-9,15,27H,2-4,10-14H2,1H3/t15-,27-. The summed E-state index contributed by atoms with van der Waals surface area (Å²) >= 11 is 0. The van der Waals surface area contributed by atoms with E-state index in [4.69, 9.17) is 0 Å².